The van der Waals surface area contributed by atoms with E-state index >= 15 is 0 Å². The maximum Gasteiger partial charge on any atom is 0.267 e. The van der Waals surface area contributed by atoms with E-state index in [-0.39, 0.29) is 17.2 Å². The molecule has 2 aromatic heterocycles. The highest BCUT2D eigenvalue weighted by atomic mass is 79.9. The van der Waals surface area contributed by atoms with Gasteiger partial charge in [0.1, 0.15) is 4.83 Å². The zero-order valence-corrected chi connectivity index (χ0v) is 23.3. The maximum atomic E-state index is 13.7. The first kappa shape index (κ1) is 24.4. The van der Waals surface area contributed by atoms with Crippen LogP contribution in [0.5, 0.6) is 0 Å². The molecule has 0 saturated carbocycles. The van der Waals surface area contributed by atoms with Crippen LogP contribution in [0, 0.1) is 0 Å². The van der Waals surface area contributed by atoms with Crippen LogP contribution in [0.1, 0.15) is 28.8 Å². The van der Waals surface area contributed by atoms with Gasteiger partial charge in [-0.3, -0.25) is 14.2 Å². The van der Waals surface area contributed by atoms with Crippen molar-refractivity contribution in [2.24, 2.45) is 5.10 Å². The molecule has 0 unspecified atom stereocenters. The van der Waals surface area contributed by atoms with Gasteiger partial charge in [0, 0.05) is 19.4 Å². The van der Waals surface area contributed by atoms with Crippen molar-refractivity contribution in [3.63, 3.8) is 0 Å². The molecule has 5 rings (SSSR count). The highest BCUT2D eigenvalue weighted by Gasteiger charge is 2.23. The van der Waals surface area contributed by atoms with Crippen LogP contribution in [0.4, 0.5) is 0 Å². The van der Waals surface area contributed by atoms with Crippen LogP contribution < -0.4 is 11.0 Å². The number of thiophene rings is 1. The van der Waals surface area contributed by atoms with Crippen LogP contribution in [0.2, 0.25) is 0 Å². The molecule has 0 saturated heterocycles. The first-order valence-corrected chi connectivity index (χ1v) is 14.4. The summed E-state index contributed by atoms with van der Waals surface area (Å²) in [5, 5.41) is 5.27. The minimum absolute atomic E-state index is 0.0763. The van der Waals surface area contributed by atoms with Crippen molar-refractivity contribution >= 4 is 77.3 Å². The zero-order valence-electron chi connectivity index (χ0n) is 18.5. The van der Waals surface area contributed by atoms with Gasteiger partial charge in [-0.25, -0.2) is 10.4 Å². The summed E-state index contributed by atoms with van der Waals surface area (Å²) >= 11 is 9.75. The molecule has 6 nitrogen and oxygen atoms in total. The second-order valence-corrected chi connectivity index (χ2v) is 11.8. The topological polar surface area (TPSA) is 76.3 Å². The standard InChI is InChI=1S/C25H20Br2N4O2S2/c26-16-9-11-17(12-10-16)31-24(33)22-18-6-2-4-8-20(18)35-23(22)29-25(31)34-14-21(32)30-28-13-15-5-1-3-7-19(15)27/h1,3,5,7,9-13H,2,4,6,8,14H2,(H,30,32). The number of halogens is 2. The van der Waals surface area contributed by atoms with Crippen molar-refractivity contribution in [2.75, 3.05) is 5.75 Å². The number of benzene rings is 2. The lowest BCUT2D eigenvalue weighted by Crippen LogP contribution is -2.24. The van der Waals surface area contributed by atoms with E-state index in [1.54, 1.807) is 22.1 Å². The van der Waals surface area contributed by atoms with Gasteiger partial charge in [0.15, 0.2) is 5.16 Å². The van der Waals surface area contributed by atoms with Gasteiger partial charge >= 0.3 is 0 Å². The Labute approximate surface area is 227 Å². The van der Waals surface area contributed by atoms with E-state index in [9.17, 15) is 9.59 Å². The molecule has 1 amide bonds. The lowest BCUT2D eigenvalue weighted by atomic mass is 9.97. The molecule has 35 heavy (non-hydrogen) atoms. The lowest BCUT2D eigenvalue weighted by molar-refractivity contribution is -0.118. The molecular weight excluding hydrogens is 612 g/mol. The lowest BCUT2D eigenvalue weighted by Gasteiger charge is -2.13. The molecule has 10 heteroatoms. The predicted molar refractivity (Wildman–Crippen MR) is 150 cm³/mol. The summed E-state index contributed by atoms with van der Waals surface area (Å²) in [6.45, 7) is 0. The number of hydrogen-bond acceptors (Lipinski definition) is 6. The van der Waals surface area contributed by atoms with Crippen molar-refractivity contribution in [3.05, 3.63) is 83.8 Å². The predicted octanol–water partition coefficient (Wildman–Crippen LogP) is 6.09. The van der Waals surface area contributed by atoms with E-state index in [2.05, 4.69) is 42.4 Å². The number of nitrogens with one attached hydrogen (secondary N) is 1. The van der Waals surface area contributed by atoms with E-state index in [1.165, 1.54) is 16.6 Å². The van der Waals surface area contributed by atoms with E-state index in [0.29, 0.717) is 5.16 Å². The molecule has 2 heterocycles. The van der Waals surface area contributed by atoms with Crippen molar-refractivity contribution in [1.29, 1.82) is 0 Å². The second kappa shape index (κ2) is 10.8. The molecule has 0 bridgehead atoms. The Morgan fingerprint density at radius 3 is 2.71 bits per heavy atom. The van der Waals surface area contributed by atoms with Gasteiger partial charge in [-0.05, 0) is 61.6 Å². The van der Waals surface area contributed by atoms with Crippen LogP contribution in [0.3, 0.4) is 0 Å². The van der Waals surface area contributed by atoms with Crippen LogP contribution in [0.25, 0.3) is 15.9 Å². The fourth-order valence-corrected chi connectivity index (χ4v) is 6.78. The summed E-state index contributed by atoms with van der Waals surface area (Å²) < 4.78 is 3.44. The van der Waals surface area contributed by atoms with Crippen molar-refractivity contribution in [3.8, 4) is 5.69 Å². The Kier molecular flexibility index (Phi) is 7.52. The van der Waals surface area contributed by atoms with Crippen LogP contribution in [-0.4, -0.2) is 27.4 Å². The summed E-state index contributed by atoms with van der Waals surface area (Å²) in [5.41, 5.74) is 5.21. The minimum Gasteiger partial charge on any atom is -0.272 e. The molecule has 1 aliphatic carbocycles. The molecule has 4 aromatic rings. The average molecular weight is 632 g/mol. The molecule has 2 aromatic carbocycles. The number of aromatic nitrogens is 2. The van der Waals surface area contributed by atoms with Crippen molar-refractivity contribution < 1.29 is 4.79 Å². The summed E-state index contributed by atoms with van der Waals surface area (Å²) in [4.78, 5) is 33.1. The Morgan fingerprint density at radius 2 is 1.91 bits per heavy atom. The monoisotopic (exact) mass is 630 g/mol. The SMILES string of the molecule is O=C(CSc1nc2sc3c(c2c(=O)n1-c1ccc(Br)cc1)CCCC3)NN=Cc1ccccc1Br. The Bertz CT molecular complexity index is 1500. The third-order valence-electron chi connectivity index (χ3n) is 5.67. The second-order valence-electron chi connectivity index (χ2n) is 8.01. The average Bonchev–Trinajstić information content (AvgIpc) is 3.23. The van der Waals surface area contributed by atoms with E-state index in [0.717, 1.165) is 61.7 Å². The number of aryl methyl sites for hydroxylation is 2. The first-order chi connectivity index (χ1) is 17.0. The summed E-state index contributed by atoms with van der Waals surface area (Å²) in [7, 11) is 0. The van der Waals surface area contributed by atoms with Crippen molar-refractivity contribution in [1.82, 2.24) is 15.0 Å². The number of carbonyl (C=O) groups excluding carboxylic acids is 1. The van der Waals surface area contributed by atoms with Crippen LogP contribution in [-0.2, 0) is 17.6 Å². The molecule has 0 spiro atoms. The van der Waals surface area contributed by atoms with E-state index in [1.807, 2.05) is 48.5 Å². The Balaban J connectivity index is 1.44. The number of carbonyl (C=O) groups is 1. The molecule has 1 aliphatic rings. The summed E-state index contributed by atoms with van der Waals surface area (Å²) in [6.07, 6.45) is 5.73. The number of amides is 1. The van der Waals surface area contributed by atoms with Gasteiger partial charge in [-0.2, -0.15) is 5.10 Å². The first-order valence-electron chi connectivity index (χ1n) is 11.0. The molecule has 0 fully saturated rings. The number of rotatable bonds is 6. The molecular formula is C25H20Br2N4O2S2. The molecule has 178 valence electrons. The molecule has 0 atom stereocenters. The highest BCUT2D eigenvalue weighted by molar-refractivity contribution is 9.10. The Hall–Kier alpha value is -2.27. The smallest absolute Gasteiger partial charge is 0.267 e. The van der Waals surface area contributed by atoms with Gasteiger partial charge in [-0.1, -0.05) is 61.8 Å². The fraction of sp³-hybridized carbons (Fsp3) is 0.200. The fourth-order valence-electron chi connectivity index (χ4n) is 4.02. The normalized spacial score (nSPS) is 13.3. The largest absolute Gasteiger partial charge is 0.272 e. The van der Waals surface area contributed by atoms with Crippen molar-refractivity contribution in [2.45, 2.75) is 30.8 Å². The van der Waals surface area contributed by atoms with Gasteiger partial charge in [0.25, 0.3) is 11.5 Å². The molecule has 0 aliphatic heterocycles. The maximum absolute atomic E-state index is 13.7. The van der Waals surface area contributed by atoms with Crippen LogP contribution in [0.15, 0.2) is 72.5 Å². The highest BCUT2D eigenvalue weighted by Crippen LogP contribution is 2.35. The van der Waals surface area contributed by atoms with Gasteiger partial charge < -0.3 is 0 Å². The summed E-state index contributed by atoms with van der Waals surface area (Å²) in [6, 6.07) is 15.2. The number of fused-ring (bicyclic) bond motifs is 3. The molecule has 1 N–H and O–H groups in total. The zero-order chi connectivity index (χ0) is 24.4. The minimum atomic E-state index is -0.277. The number of hydrogen-bond donors (Lipinski definition) is 1. The number of nitrogens with zero attached hydrogens (tertiary/aromatic N) is 3. The van der Waals surface area contributed by atoms with Gasteiger partial charge in [0.05, 0.1) is 23.0 Å². The Morgan fingerprint density at radius 1 is 1.14 bits per heavy atom. The van der Waals surface area contributed by atoms with Gasteiger partial charge in [-0.15, -0.1) is 11.3 Å². The summed E-state index contributed by atoms with van der Waals surface area (Å²) in [5.74, 6) is -0.201. The number of thioether (sulfide) groups is 1. The third-order valence-corrected chi connectivity index (χ3v) is 9.05. The quantitative estimate of drug-likeness (QED) is 0.121. The van der Waals surface area contributed by atoms with Gasteiger partial charge in [0.2, 0.25) is 0 Å². The molecule has 0 radical (unpaired) electrons. The van der Waals surface area contributed by atoms with E-state index < -0.39 is 0 Å². The number of hydrazone groups is 1. The van der Waals surface area contributed by atoms with E-state index in [4.69, 9.17) is 4.98 Å². The third kappa shape index (κ3) is 5.30. The van der Waals surface area contributed by atoms with Crippen LogP contribution >= 0.6 is 55.0 Å².